The molecule has 1 aromatic heterocycles. The van der Waals surface area contributed by atoms with Crippen LogP contribution in [-0.2, 0) is 21.9 Å². The maximum Gasteiger partial charge on any atom is 0.246 e. The smallest absolute Gasteiger partial charge is 0.246 e. The summed E-state index contributed by atoms with van der Waals surface area (Å²) in [5, 5.41) is 4.21. The quantitative estimate of drug-likeness (QED) is 0.710. The maximum atomic E-state index is 13.7. The average Bonchev–Trinajstić information content (AvgIpc) is 2.85. The molecule has 1 saturated heterocycles. The van der Waals surface area contributed by atoms with Gasteiger partial charge >= 0.3 is 0 Å². The number of carbonyl (C=O) groups is 1. The predicted octanol–water partition coefficient (Wildman–Crippen LogP) is 2.11. The summed E-state index contributed by atoms with van der Waals surface area (Å²) < 4.78 is 42.9. The topological polar surface area (TPSA) is 75.5 Å². The number of rotatable bonds is 4. The lowest BCUT2D eigenvalue weighted by Gasteiger charge is -2.21. The first-order valence-corrected chi connectivity index (χ1v) is 10.9. The second-order valence-corrected chi connectivity index (χ2v) is 8.94. The van der Waals surface area contributed by atoms with Gasteiger partial charge in [0, 0.05) is 44.9 Å². The van der Waals surface area contributed by atoms with E-state index in [2.05, 4.69) is 5.10 Å². The van der Waals surface area contributed by atoms with Crippen molar-refractivity contribution in [3.05, 3.63) is 53.1 Å². The summed E-state index contributed by atoms with van der Waals surface area (Å²) in [6.45, 7) is 4.66. The molecule has 7 nitrogen and oxygen atoms in total. The van der Waals surface area contributed by atoms with Gasteiger partial charge in [0.25, 0.3) is 0 Å². The SMILES string of the molecule is Cc1nn(C)c(C)c1S(=O)(=O)N1CCCN(C(=O)/C=C/c2ccccc2F)CC1. The van der Waals surface area contributed by atoms with Crippen molar-refractivity contribution >= 4 is 22.0 Å². The number of amides is 1. The monoisotopic (exact) mass is 420 g/mol. The van der Waals surface area contributed by atoms with Gasteiger partial charge in [0.15, 0.2) is 0 Å². The molecule has 0 atom stereocenters. The Kier molecular flexibility index (Phi) is 6.18. The lowest BCUT2D eigenvalue weighted by atomic mass is 10.2. The van der Waals surface area contributed by atoms with Crippen LogP contribution in [0.25, 0.3) is 6.08 Å². The molecule has 9 heteroatoms. The molecular formula is C20H25FN4O3S. The number of aryl methyl sites for hydroxylation is 2. The third kappa shape index (κ3) is 4.40. The molecule has 1 amide bonds. The maximum absolute atomic E-state index is 13.7. The molecule has 1 aliphatic heterocycles. The molecule has 1 fully saturated rings. The number of benzene rings is 1. The molecule has 29 heavy (non-hydrogen) atoms. The van der Waals surface area contributed by atoms with Gasteiger partial charge in [0.05, 0.1) is 11.4 Å². The van der Waals surface area contributed by atoms with Crippen molar-refractivity contribution in [3.8, 4) is 0 Å². The molecule has 0 bridgehead atoms. The molecule has 156 valence electrons. The van der Waals surface area contributed by atoms with Gasteiger partial charge in [0.2, 0.25) is 15.9 Å². The van der Waals surface area contributed by atoms with Gasteiger partial charge < -0.3 is 4.90 Å². The summed E-state index contributed by atoms with van der Waals surface area (Å²) in [5.74, 6) is -0.659. The van der Waals surface area contributed by atoms with Crippen LogP contribution in [0.4, 0.5) is 4.39 Å². The zero-order valence-corrected chi connectivity index (χ0v) is 17.6. The van der Waals surface area contributed by atoms with E-state index in [0.717, 1.165) is 0 Å². The van der Waals surface area contributed by atoms with E-state index in [9.17, 15) is 17.6 Å². The highest BCUT2D eigenvalue weighted by Crippen LogP contribution is 2.24. The number of carbonyl (C=O) groups excluding carboxylic acids is 1. The molecule has 0 aliphatic carbocycles. The summed E-state index contributed by atoms with van der Waals surface area (Å²) in [5.41, 5.74) is 1.39. The highest BCUT2D eigenvalue weighted by atomic mass is 32.2. The third-order valence-corrected chi connectivity index (χ3v) is 7.27. The number of halogens is 1. The molecule has 2 aromatic rings. The Hall–Kier alpha value is -2.52. The van der Waals surface area contributed by atoms with Crippen LogP contribution in [0, 0.1) is 19.7 Å². The minimum absolute atomic E-state index is 0.204. The normalized spacial score (nSPS) is 16.3. The van der Waals surface area contributed by atoms with Crippen molar-refractivity contribution in [1.82, 2.24) is 19.0 Å². The van der Waals surface area contributed by atoms with E-state index in [-0.39, 0.29) is 23.9 Å². The van der Waals surface area contributed by atoms with Gasteiger partial charge in [0.1, 0.15) is 10.7 Å². The summed E-state index contributed by atoms with van der Waals surface area (Å²) in [7, 11) is -1.98. The van der Waals surface area contributed by atoms with Crippen LogP contribution >= 0.6 is 0 Å². The van der Waals surface area contributed by atoms with Crippen LogP contribution in [-0.4, -0.2) is 59.5 Å². The molecule has 1 aromatic carbocycles. The van der Waals surface area contributed by atoms with Crippen LogP contribution in [0.2, 0.25) is 0 Å². The van der Waals surface area contributed by atoms with Gasteiger partial charge in [-0.2, -0.15) is 9.40 Å². The van der Waals surface area contributed by atoms with Crippen LogP contribution < -0.4 is 0 Å². The lowest BCUT2D eigenvalue weighted by Crippen LogP contribution is -2.37. The Bertz CT molecular complexity index is 1050. The van der Waals surface area contributed by atoms with E-state index in [1.54, 1.807) is 48.7 Å². The van der Waals surface area contributed by atoms with E-state index in [1.807, 2.05) is 0 Å². The molecule has 3 rings (SSSR count). The van der Waals surface area contributed by atoms with Gasteiger partial charge in [-0.05, 0) is 32.4 Å². The van der Waals surface area contributed by atoms with Crippen LogP contribution in [0.5, 0.6) is 0 Å². The first-order chi connectivity index (χ1) is 13.7. The first kappa shape index (κ1) is 21.2. The minimum atomic E-state index is -3.69. The highest BCUT2D eigenvalue weighted by Gasteiger charge is 2.32. The standard InChI is InChI=1S/C20H25FN4O3S/c1-15-20(16(2)23(3)22-15)29(27,28)25-12-6-11-24(13-14-25)19(26)10-9-17-7-4-5-8-18(17)21/h4-5,7-10H,6,11-14H2,1-3H3/b10-9+. The van der Waals surface area contributed by atoms with E-state index >= 15 is 0 Å². The summed E-state index contributed by atoms with van der Waals surface area (Å²) >= 11 is 0. The molecule has 0 N–H and O–H groups in total. The highest BCUT2D eigenvalue weighted by molar-refractivity contribution is 7.89. The zero-order valence-electron chi connectivity index (χ0n) is 16.8. The lowest BCUT2D eigenvalue weighted by molar-refractivity contribution is -0.125. The second kappa shape index (κ2) is 8.46. The summed E-state index contributed by atoms with van der Waals surface area (Å²) in [6.07, 6.45) is 3.30. The van der Waals surface area contributed by atoms with Crippen LogP contribution in [0.3, 0.4) is 0 Å². The molecule has 1 aliphatic rings. The van der Waals surface area contributed by atoms with E-state index in [1.165, 1.54) is 22.5 Å². The summed E-state index contributed by atoms with van der Waals surface area (Å²) in [6, 6.07) is 6.21. The molecule has 0 radical (unpaired) electrons. The molecule has 0 spiro atoms. The molecule has 0 unspecified atom stereocenters. The number of hydrogen-bond donors (Lipinski definition) is 0. The number of aromatic nitrogens is 2. The number of nitrogens with zero attached hydrogens (tertiary/aromatic N) is 4. The second-order valence-electron chi connectivity index (χ2n) is 7.06. The van der Waals surface area contributed by atoms with Crippen molar-refractivity contribution in [3.63, 3.8) is 0 Å². The zero-order chi connectivity index (χ0) is 21.2. The first-order valence-electron chi connectivity index (χ1n) is 9.43. The third-order valence-electron chi connectivity index (χ3n) is 5.12. The van der Waals surface area contributed by atoms with Crippen LogP contribution in [0.15, 0.2) is 35.2 Å². The minimum Gasteiger partial charge on any atom is -0.338 e. The summed E-state index contributed by atoms with van der Waals surface area (Å²) in [4.78, 5) is 14.3. The fourth-order valence-electron chi connectivity index (χ4n) is 3.49. The molecule has 2 heterocycles. The van der Waals surface area contributed by atoms with E-state index in [4.69, 9.17) is 0 Å². The van der Waals surface area contributed by atoms with E-state index < -0.39 is 15.8 Å². The van der Waals surface area contributed by atoms with Crippen molar-refractivity contribution in [2.75, 3.05) is 26.2 Å². The number of hydrogen-bond acceptors (Lipinski definition) is 4. The Labute approximate surface area is 170 Å². The predicted molar refractivity (Wildman–Crippen MR) is 108 cm³/mol. The Balaban J connectivity index is 1.72. The van der Waals surface area contributed by atoms with Gasteiger partial charge in [-0.1, -0.05) is 18.2 Å². The molecule has 0 saturated carbocycles. The van der Waals surface area contributed by atoms with Crippen molar-refractivity contribution < 1.29 is 17.6 Å². The number of sulfonamides is 1. The fraction of sp³-hybridized carbons (Fsp3) is 0.400. The van der Waals surface area contributed by atoms with Gasteiger partial charge in [-0.15, -0.1) is 0 Å². The van der Waals surface area contributed by atoms with Crippen molar-refractivity contribution in [2.24, 2.45) is 7.05 Å². The fourth-order valence-corrected chi connectivity index (χ4v) is 5.36. The average molecular weight is 421 g/mol. The van der Waals surface area contributed by atoms with Crippen molar-refractivity contribution in [1.29, 1.82) is 0 Å². The van der Waals surface area contributed by atoms with Gasteiger partial charge in [-0.25, -0.2) is 12.8 Å². The van der Waals surface area contributed by atoms with Crippen LogP contribution in [0.1, 0.15) is 23.4 Å². The van der Waals surface area contributed by atoms with Gasteiger partial charge in [-0.3, -0.25) is 9.48 Å². The molecular weight excluding hydrogens is 395 g/mol. The van der Waals surface area contributed by atoms with Crippen molar-refractivity contribution in [2.45, 2.75) is 25.2 Å². The Morgan fingerprint density at radius 2 is 1.86 bits per heavy atom. The van der Waals surface area contributed by atoms with E-state index in [0.29, 0.717) is 36.5 Å². The largest absolute Gasteiger partial charge is 0.338 e. The Morgan fingerprint density at radius 3 is 2.52 bits per heavy atom. The Morgan fingerprint density at radius 1 is 1.14 bits per heavy atom.